The van der Waals surface area contributed by atoms with Crippen molar-refractivity contribution in [1.82, 2.24) is 4.90 Å². The fraction of sp³-hybridized carbons (Fsp3) is 0.417. The number of likely N-dealkylation sites (N-methyl/N-ethyl adjacent to an activating group) is 1. The lowest BCUT2D eigenvalue weighted by atomic mass is 9.87. The van der Waals surface area contributed by atoms with Crippen LogP contribution in [0.2, 0.25) is 0 Å². The number of sulfonamides is 1. The van der Waals surface area contributed by atoms with Crippen LogP contribution in [-0.2, 0) is 19.6 Å². The van der Waals surface area contributed by atoms with Crippen molar-refractivity contribution in [3.63, 3.8) is 0 Å². The molecule has 7 nitrogen and oxygen atoms in total. The SMILES string of the molecule is CC1CCC(N(C)C(=O)COC(=O)c2cccc(S(=O)(=O)N(C)c3ccccc3)c2)CC1. The third-order valence-corrected chi connectivity index (χ3v) is 7.88. The van der Waals surface area contributed by atoms with Crippen molar-refractivity contribution in [2.45, 2.75) is 43.5 Å². The Morgan fingerprint density at radius 3 is 2.28 bits per heavy atom. The molecule has 0 N–H and O–H groups in total. The number of para-hydroxylation sites is 1. The zero-order valence-corrected chi connectivity index (χ0v) is 19.5. The number of nitrogens with zero attached hydrogens (tertiary/aromatic N) is 2. The topological polar surface area (TPSA) is 84.0 Å². The van der Waals surface area contributed by atoms with Crippen LogP contribution in [-0.4, -0.2) is 51.9 Å². The molecule has 0 saturated heterocycles. The van der Waals surface area contributed by atoms with Crippen LogP contribution in [0.5, 0.6) is 0 Å². The number of amides is 1. The molecule has 2 aromatic carbocycles. The maximum absolute atomic E-state index is 13.0. The van der Waals surface area contributed by atoms with Crippen molar-refractivity contribution < 1.29 is 22.7 Å². The Balaban J connectivity index is 1.64. The van der Waals surface area contributed by atoms with Gasteiger partial charge in [-0.15, -0.1) is 0 Å². The van der Waals surface area contributed by atoms with Crippen LogP contribution >= 0.6 is 0 Å². The van der Waals surface area contributed by atoms with Gasteiger partial charge in [-0.1, -0.05) is 31.2 Å². The summed E-state index contributed by atoms with van der Waals surface area (Å²) in [6.45, 7) is 1.84. The van der Waals surface area contributed by atoms with E-state index in [4.69, 9.17) is 4.74 Å². The maximum Gasteiger partial charge on any atom is 0.338 e. The van der Waals surface area contributed by atoms with Crippen molar-refractivity contribution >= 4 is 27.6 Å². The van der Waals surface area contributed by atoms with E-state index < -0.39 is 16.0 Å². The van der Waals surface area contributed by atoms with Crippen LogP contribution in [0.15, 0.2) is 59.5 Å². The first kappa shape index (κ1) is 23.8. The van der Waals surface area contributed by atoms with Crippen molar-refractivity contribution in [2.24, 2.45) is 5.92 Å². The van der Waals surface area contributed by atoms with Gasteiger partial charge in [-0.05, 0) is 61.9 Å². The number of anilines is 1. The largest absolute Gasteiger partial charge is 0.452 e. The molecule has 1 amide bonds. The number of carbonyl (C=O) groups excluding carboxylic acids is 2. The summed E-state index contributed by atoms with van der Waals surface area (Å²) in [5.74, 6) is -0.314. The number of hydrogen-bond acceptors (Lipinski definition) is 5. The fourth-order valence-electron chi connectivity index (χ4n) is 3.86. The smallest absolute Gasteiger partial charge is 0.338 e. The number of esters is 1. The van der Waals surface area contributed by atoms with E-state index in [1.54, 1.807) is 42.3 Å². The molecule has 1 fully saturated rings. The van der Waals surface area contributed by atoms with Crippen LogP contribution in [0.1, 0.15) is 43.0 Å². The summed E-state index contributed by atoms with van der Waals surface area (Å²) in [6.07, 6.45) is 4.07. The second-order valence-electron chi connectivity index (χ2n) is 8.33. The number of carbonyl (C=O) groups is 2. The van der Waals surface area contributed by atoms with Crippen LogP contribution in [0.3, 0.4) is 0 Å². The average Bonchev–Trinajstić information content (AvgIpc) is 2.82. The van der Waals surface area contributed by atoms with Crippen molar-refractivity contribution in [3.8, 4) is 0 Å². The van der Waals surface area contributed by atoms with Gasteiger partial charge in [-0.3, -0.25) is 9.10 Å². The highest BCUT2D eigenvalue weighted by Crippen LogP contribution is 2.26. The molecule has 0 bridgehead atoms. The van der Waals surface area contributed by atoms with E-state index >= 15 is 0 Å². The van der Waals surface area contributed by atoms with Crippen LogP contribution in [0.4, 0.5) is 5.69 Å². The number of ether oxygens (including phenoxy) is 1. The van der Waals surface area contributed by atoms with Gasteiger partial charge in [0.05, 0.1) is 16.1 Å². The summed E-state index contributed by atoms with van der Waals surface area (Å²) in [6, 6.07) is 14.5. The molecule has 32 heavy (non-hydrogen) atoms. The molecule has 8 heteroatoms. The summed E-state index contributed by atoms with van der Waals surface area (Å²) < 4.78 is 32.3. The van der Waals surface area contributed by atoms with E-state index in [-0.39, 0.29) is 29.0 Å². The van der Waals surface area contributed by atoms with Gasteiger partial charge in [0.25, 0.3) is 15.9 Å². The van der Waals surface area contributed by atoms with Gasteiger partial charge in [0.2, 0.25) is 0 Å². The first-order valence-electron chi connectivity index (χ1n) is 10.8. The minimum Gasteiger partial charge on any atom is -0.452 e. The summed E-state index contributed by atoms with van der Waals surface area (Å²) in [4.78, 5) is 26.6. The highest BCUT2D eigenvalue weighted by atomic mass is 32.2. The van der Waals surface area contributed by atoms with E-state index in [2.05, 4.69) is 6.92 Å². The Morgan fingerprint density at radius 2 is 1.62 bits per heavy atom. The molecule has 0 aliphatic heterocycles. The molecule has 0 radical (unpaired) electrons. The van der Waals surface area contributed by atoms with Gasteiger partial charge in [-0.2, -0.15) is 0 Å². The van der Waals surface area contributed by atoms with Crippen LogP contribution in [0, 0.1) is 5.92 Å². The Morgan fingerprint density at radius 1 is 0.969 bits per heavy atom. The molecule has 0 heterocycles. The zero-order valence-electron chi connectivity index (χ0n) is 18.7. The summed E-state index contributed by atoms with van der Waals surface area (Å²) in [5, 5.41) is 0. The van der Waals surface area contributed by atoms with E-state index in [9.17, 15) is 18.0 Å². The monoisotopic (exact) mass is 458 g/mol. The Hall–Kier alpha value is -2.87. The highest BCUT2D eigenvalue weighted by Gasteiger charge is 2.26. The van der Waals surface area contributed by atoms with Crippen molar-refractivity contribution in [2.75, 3.05) is 25.0 Å². The van der Waals surface area contributed by atoms with E-state index in [0.717, 1.165) is 30.0 Å². The normalized spacial score (nSPS) is 18.6. The summed E-state index contributed by atoms with van der Waals surface area (Å²) >= 11 is 0. The highest BCUT2D eigenvalue weighted by molar-refractivity contribution is 7.92. The minimum atomic E-state index is -3.86. The summed E-state index contributed by atoms with van der Waals surface area (Å²) in [5.41, 5.74) is 0.584. The lowest BCUT2D eigenvalue weighted by Gasteiger charge is -2.33. The molecule has 1 saturated carbocycles. The van der Waals surface area contributed by atoms with Gasteiger partial charge in [0.15, 0.2) is 6.61 Å². The predicted molar refractivity (Wildman–Crippen MR) is 123 cm³/mol. The minimum absolute atomic E-state index is 0.0296. The third kappa shape index (κ3) is 5.48. The van der Waals surface area contributed by atoms with Crippen LogP contribution < -0.4 is 4.31 Å². The second kappa shape index (κ2) is 10.2. The van der Waals surface area contributed by atoms with Gasteiger partial charge in [0.1, 0.15) is 0 Å². The lowest BCUT2D eigenvalue weighted by Crippen LogP contribution is -2.41. The fourth-order valence-corrected chi connectivity index (χ4v) is 5.11. The molecule has 0 unspecified atom stereocenters. The van der Waals surface area contributed by atoms with Gasteiger partial charge in [0, 0.05) is 20.1 Å². The third-order valence-electron chi connectivity index (χ3n) is 6.10. The first-order valence-corrected chi connectivity index (χ1v) is 12.2. The van der Waals surface area contributed by atoms with Gasteiger partial charge in [-0.25, -0.2) is 13.2 Å². The molecule has 0 atom stereocenters. The molecular formula is C24H30N2O5S. The molecule has 1 aliphatic carbocycles. The molecule has 172 valence electrons. The Labute approximate surface area is 190 Å². The number of rotatable bonds is 7. The quantitative estimate of drug-likeness (QED) is 0.591. The number of hydrogen-bond donors (Lipinski definition) is 0. The molecule has 0 spiro atoms. The molecule has 3 rings (SSSR count). The van der Waals surface area contributed by atoms with E-state index in [1.165, 1.54) is 31.3 Å². The van der Waals surface area contributed by atoms with Crippen molar-refractivity contribution in [1.29, 1.82) is 0 Å². The molecular weight excluding hydrogens is 428 g/mol. The average molecular weight is 459 g/mol. The maximum atomic E-state index is 13.0. The Kier molecular flexibility index (Phi) is 7.56. The molecule has 2 aromatic rings. The van der Waals surface area contributed by atoms with Crippen LogP contribution in [0.25, 0.3) is 0 Å². The predicted octanol–water partition coefficient (Wildman–Crippen LogP) is 3.71. The van der Waals surface area contributed by atoms with E-state index in [1.807, 2.05) is 0 Å². The molecule has 1 aliphatic rings. The summed E-state index contributed by atoms with van der Waals surface area (Å²) in [7, 11) is -0.667. The van der Waals surface area contributed by atoms with E-state index in [0.29, 0.717) is 11.6 Å². The van der Waals surface area contributed by atoms with Gasteiger partial charge >= 0.3 is 5.97 Å². The standard InChI is InChI=1S/C24H30N2O5S/c1-18-12-14-20(15-13-18)25(2)23(27)17-31-24(28)19-8-7-11-22(16-19)32(29,30)26(3)21-9-5-4-6-10-21/h4-11,16,18,20H,12-15,17H2,1-3H3. The first-order chi connectivity index (χ1) is 15.2. The Bertz CT molecular complexity index is 1050. The van der Waals surface area contributed by atoms with Crippen molar-refractivity contribution in [3.05, 3.63) is 60.2 Å². The number of benzene rings is 2. The second-order valence-corrected chi connectivity index (χ2v) is 10.3. The lowest BCUT2D eigenvalue weighted by molar-refractivity contribution is -0.136. The molecule has 0 aromatic heterocycles. The zero-order chi connectivity index (χ0) is 23.3. The van der Waals surface area contributed by atoms with Gasteiger partial charge < -0.3 is 9.64 Å².